The Hall–Kier alpha value is -5.43. The quantitative estimate of drug-likeness (QED) is 0.124. The zero-order valence-corrected chi connectivity index (χ0v) is 29.9. The Bertz CT molecular complexity index is 2240. The number of methoxy groups -OCH3 is 1. The molecule has 5 atom stereocenters. The lowest BCUT2D eigenvalue weighted by Gasteiger charge is -2.32. The van der Waals surface area contributed by atoms with Crippen LogP contribution in [0.15, 0.2) is 48.7 Å². The zero-order valence-electron chi connectivity index (χ0n) is 29.9. The van der Waals surface area contributed by atoms with Gasteiger partial charge in [0.2, 0.25) is 0 Å². The van der Waals surface area contributed by atoms with Crippen molar-refractivity contribution in [3.05, 3.63) is 65.9 Å². The predicted octanol–water partition coefficient (Wildman–Crippen LogP) is 6.64. The number of aromatic nitrogens is 4. The molecule has 3 aliphatic heterocycles. The molecule has 3 aliphatic rings. The lowest BCUT2D eigenvalue weighted by Crippen LogP contribution is -2.57. The number of aromatic amines is 2. The summed E-state index contributed by atoms with van der Waals surface area (Å²) in [6, 6.07) is 13.4. The van der Waals surface area contributed by atoms with Gasteiger partial charge in [-0.25, -0.2) is 19.6 Å². The fourth-order valence-electron chi connectivity index (χ4n) is 8.31. The third-order valence-electron chi connectivity index (χ3n) is 11.0. The molecule has 0 bridgehead atoms. The molecule has 8 rings (SSSR count). The smallest absolute Gasteiger partial charge is 0.407 e. The van der Waals surface area contributed by atoms with E-state index in [-0.39, 0.29) is 29.7 Å². The van der Waals surface area contributed by atoms with Crippen LogP contribution in [0, 0.1) is 11.8 Å². The van der Waals surface area contributed by atoms with Crippen LogP contribution in [-0.2, 0) is 21.7 Å². The van der Waals surface area contributed by atoms with Gasteiger partial charge in [-0.05, 0) is 84.4 Å². The molecule has 2 saturated heterocycles. The second-order valence-corrected chi connectivity index (χ2v) is 15.0. The van der Waals surface area contributed by atoms with E-state index in [1.54, 1.807) is 6.20 Å². The summed E-state index contributed by atoms with van der Waals surface area (Å²) < 4.78 is 11.2. The normalized spacial score (nSPS) is 23.0. The molecule has 5 heterocycles. The van der Waals surface area contributed by atoms with Crippen molar-refractivity contribution in [2.45, 2.75) is 77.2 Å². The highest BCUT2D eigenvalue weighted by atomic mass is 16.5. The Labute approximate surface area is 300 Å². The highest BCUT2D eigenvalue weighted by Gasteiger charge is 2.51. The molecule has 0 radical (unpaired) electrons. The molecule has 0 unspecified atom stereocenters. The van der Waals surface area contributed by atoms with Gasteiger partial charge in [0, 0.05) is 23.5 Å². The number of nitrogens with one attached hydrogen (secondary N) is 4. The molecule has 13 heteroatoms. The Morgan fingerprint density at radius 1 is 1.10 bits per heavy atom. The lowest BCUT2D eigenvalue weighted by molar-refractivity contribution is -0.128. The Balaban J connectivity index is 1.12. The third-order valence-corrected chi connectivity index (χ3v) is 11.0. The number of hydrogen-bond acceptors (Lipinski definition) is 8. The molecular weight excluding hydrogens is 662 g/mol. The zero-order chi connectivity index (χ0) is 36.5. The van der Waals surface area contributed by atoms with E-state index in [0.717, 1.165) is 68.3 Å². The number of rotatable bonds is 7. The number of nitrogens with zero attached hydrogens (tertiary/aromatic N) is 3. The fraction of sp³-hybridized carbons (Fsp3) is 0.410. The first-order valence-electron chi connectivity index (χ1n) is 17.9. The standard InChI is InChI=1S/C39H43N7O6/c1-19(2)32(44-37(48)51-5)34(47)39(11-10-21(4)45-39)36-42-28-9-7-22-14-27-25-8-6-23(13-24(25)18-52-31(27)15-26(22)33(28)43-36)29-16-40-35(41-29)30-12-20(3)17-46(30)38(49)50/h6-9,13-16,19-21,30,32,45H,10-12,17-18H2,1-5H3,(H,40,41)(H,42,43)(H,44,48)(H,49,50)/t20-,21-,30-,32-,39+/m0/s1. The van der Waals surface area contributed by atoms with E-state index in [0.29, 0.717) is 31.2 Å². The molecule has 0 aliphatic carbocycles. The first kappa shape index (κ1) is 33.7. The Morgan fingerprint density at radius 2 is 1.92 bits per heavy atom. The maximum atomic E-state index is 14.3. The highest BCUT2D eigenvalue weighted by molar-refractivity contribution is 6.07. The number of H-pyrrole nitrogens is 2. The van der Waals surface area contributed by atoms with Crippen LogP contribution in [0.25, 0.3) is 44.2 Å². The summed E-state index contributed by atoms with van der Waals surface area (Å²) in [6.45, 7) is 8.79. The average molecular weight is 706 g/mol. The minimum absolute atomic E-state index is 0.0783. The Morgan fingerprint density at radius 3 is 2.65 bits per heavy atom. The maximum absolute atomic E-state index is 14.3. The third kappa shape index (κ3) is 5.54. The summed E-state index contributed by atoms with van der Waals surface area (Å²) in [4.78, 5) is 56.3. The van der Waals surface area contributed by atoms with Crippen molar-refractivity contribution in [1.82, 2.24) is 35.5 Å². The van der Waals surface area contributed by atoms with Gasteiger partial charge in [-0.1, -0.05) is 39.0 Å². The van der Waals surface area contributed by atoms with Gasteiger partial charge in [0.25, 0.3) is 0 Å². The number of alkyl carbamates (subject to hydrolysis) is 1. The second-order valence-electron chi connectivity index (χ2n) is 15.0. The van der Waals surface area contributed by atoms with Crippen LogP contribution in [-0.4, -0.2) is 73.7 Å². The van der Waals surface area contributed by atoms with Crippen molar-refractivity contribution < 1.29 is 29.0 Å². The van der Waals surface area contributed by atoms with Gasteiger partial charge in [-0.2, -0.15) is 0 Å². The van der Waals surface area contributed by atoms with Gasteiger partial charge in [0.05, 0.1) is 42.1 Å². The van der Waals surface area contributed by atoms with Crippen LogP contribution < -0.4 is 15.4 Å². The molecule has 52 heavy (non-hydrogen) atoms. The number of fused-ring (bicyclic) bond motifs is 6. The number of carbonyl (C=O) groups is 3. The van der Waals surface area contributed by atoms with E-state index in [1.165, 1.54) is 12.0 Å². The summed E-state index contributed by atoms with van der Waals surface area (Å²) in [5.74, 6) is 1.89. The number of ether oxygens (including phenoxy) is 2. The molecule has 270 valence electrons. The summed E-state index contributed by atoms with van der Waals surface area (Å²) in [6.07, 6.45) is 2.24. The molecule has 13 nitrogen and oxygen atoms in total. The van der Waals surface area contributed by atoms with E-state index in [9.17, 15) is 19.5 Å². The number of carboxylic acid groups (broad SMARTS) is 1. The SMILES string of the molecule is COC(=O)N[C@H](C(=O)[C@@]1(c2nc3ccc4cc5c(cc4c3[nH]2)OCc2cc(-c3cnc([C@@H]4C[C@H](C)CN4C(=O)O)[nH]3)ccc2-5)CC[C@H](C)N1)C(C)C. The summed E-state index contributed by atoms with van der Waals surface area (Å²) in [7, 11) is 1.29. The first-order valence-corrected chi connectivity index (χ1v) is 17.9. The number of likely N-dealkylation sites (tertiary alicyclic amines) is 1. The van der Waals surface area contributed by atoms with Crippen molar-refractivity contribution in [3.8, 4) is 28.1 Å². The summed E-state index contributed by atoms with van der Waals surface area (Å²) in [5, 5.41) is 17.9. The van der Waals surface area contributed by atoms with Gasteiger partial charge >= 0.3 is 12.2 Å². The number of benzene rings is 3. The minimum atomic E-state index is -1.11. The monoisotopic (exact) mass is 705 g/mol. The number of amides is 2. The van der Waals surface area contributed by atoms with Crippen LogP contribution in [0.5, 0.6) is 5.75 Å². The van der Waals surface area contributed by atoms with E-state index < -0.39 is 23.8 Å². The van der Waals surface area contributed by atoms with Crippen LogP contribution >= 0.6 is 0 Å². The van der Waals surface area contributed by atoms with Crippen molar-refractivity contribution in [2.75, 3.05) is 13.7 Å². The van der Waals surface area contributed by atoms with Crippen molar-refractivity contribution >= 4 is 39.8 Å². The van der Waals surface area contributed by atoms with Gasteiger partial charge in [-0.15, -0.1) is 0 Å². The topological polar surface area (TPSA) is 175 Å². The van der Waals surface area contributed by atoms with Gasteiger partial charge in [0.15, 0.2) is 5.78 Å². The predicted molar refractivity (Wildman–Crippen MR) is 195 cm³/mol. The van der Waals surface area contributed by atoms with Crippen molar-refractivity contribution in [3.63, 3.8) is 0 Å². The number of carbonyl (C=O) groups excluding carboxylic acids is 2. The number of Topliss-reactive ketones (excluding diaryl/α,β-unsaturated/α-hetero) is 1. The summed E-state index contributed by atoms with van der Waals surface area (Å²) in [5.41, 5.74) is 5.30. The van der Waals surface area contributed by atoms with Gasteiger partial charge in [0.1, 0.15) is 29.5 Å². The Kier molecular flexibility index (Phi) is 8.20. The molecule has 5 N–H and O–H groups in total. The van der Waals surface area contributed by atoms with Crippen molar-refractivity contribution in [1.29, 1.82) is 0 Å². The molecule has 0 spiro atoms. The van der Waals surface area contributed by atoms with Crippen molar-refractivity contribution in [2.24, 2.45) is 11.8 Å². The van der Waals surface area contributed by atoms with Crippen LogP contribution in [0.1, 0.15) is 70.2 Å². The lowest BCUT2D eigenvalue weighted by atomic mass is 9.83. The van der Waals surface area contributed by atoms with E-state index in [2.05, 4.69) is 56.8 Å². The highest BCUT2D eigenvalue weighted by Crippen LogP contribution is 2.44. The van der Waals surface area contributed by atoms with E-state index >= 15 is 0 Å². The van der Waals surface area contributed by atoms with E-state index in [1.807, 2.05) is 39.0 Å². The number of imidazole rings is 2. The molecular formula is C39H43N7O6. The van der Waals surface area contributed by atoms with Crippen LogP contribution in [0.4, 0.5) is 9.59 Å². The molecule has 3 aromatic carbocycles. The average Bonchev–Trinajstić information content (AvgIpc) is 3.94. The summed E-state index contributed by atoms with van der Waals surface area (Å²) >= 11 is 0. The molecule has 0 saturated carbocycles. The second kappa shape index (κ2) is 12.7. The van der Waals surface area contributed by atoms with Gasteiger partial charge < -0.3 is 29.9 Å². The molecule has 5 aromatic rings. The minimum Gasteiger partial charge on any atom is -0.488 e. The van der Waals surface area contributed by atoms with Gasteiger partial charge in [-0.3, -0.25) is 15.0 Å². The van der Waals surface area contributed by atoms with E-state index in [4.69, 9.17) is 14.5 Å². The first-order chi connectivity index (χ1) is 24.9. The van der Waals surface area contributed by atoms with Crippen LogP contribution in [0.3, 0.4) is 0 Å². The maximum Gasteiger partial charge on any atom is 0.407 e. The fourth-order valence-corrected chi connectivity index (χ4v) is 8.31. The van der Waals surface area contributed by atoms with Crippen LogP contribution in [0.2, 0.25) is 0 Å². The largest absolute Gasteiger partial charge is 0.488 e. The molecule has 2 fully saturated rings. The molecule has 2 aromatic heterocycles. The number of ketones is 1. The number of hydrogen-bond donors (Lipinski definition) is 5. The molecule has 2 amide bonds.